The van der Waals surface area contributed by atoms with Crippen LogP contribution in [0.25, 0.3) is 0 Å². The van der Waals surface area contributed by atoms with Crippen molar-refractivity contribution in [2.24, 2.45) is 0 Å². The molecule has 0 atom stereocenters. The predicted octanol–water partition coefficient (Wildman–Crippen LogP) is 1.72. The number of aliphatic hydroxyl groups is 1. The minimum absolute atomic E-state index is 0.318. The van der Waals surface area contributed by atoms with Crippen LogP contribution in [0.4, 0.5) is 0 Å². The van der Waals surface area contributed by atoms with E-state index in [1.54, 1.807) is 0 Å². The fourth-order valence-electron chi connectivity index (χ4n) is 2.51. The van der Waals surface area contributed by atoms with Gasteiger partial charge in [0, 0.05) is 12.5 Å². The molecule has 0 amide bonds. The van der Waals surface area contributed by atoms with Crippen molar-refractivity contribution >= 4 is 0 Å². The first kappa shape index (κ1) is 13.5. The molecule has 5 nitrogen and oxygen atoms in total. The fourth-order valence-corrected chi connectivity index (χ4v) is 2.51. The third-order valence-corrected chi connectivity index (χ3v) is 3.61. The van der Waals surface area contributed by atoms with Crippen molar-refractivity contribution in [2.45, 2.75) is 44.9 Å². The van der Waals surface area contributed by atoms with Gasteiger partial charge in [0.05, 0.1) is 0 Å². The second-order valence-electron chi connectivity index (χ2n) is 5.08. The topological polar surface area (TPSA) is 62.4 Å². The lowest BCUT2D eigenvalue weighted by Crippen LogP contribution is -2.33. The Hall–Kier alpha value is -0.940. The maximum Gasteiger partial charge on any atom is 0.229 e. The summed E-state index contributed by atoms with van der Waals surface area (Å²) in [7, 11) is 0. The van der Waals surface area contributed by atoms with E-state index in [-0.39, 0.29) is 0 Å². The van der Waals surface area contributed by atoms with Gasteiger partial charge < -0.3 is 14.5 Å². The van der Waals surface area contributed by atoms with E-state index in [0.29, 0.717) is 12.5 Å². The molecule has 0 bridgehead atoms. The molecule has 1 aromatic rings. The summed E-state index contributed by atoms with van der Waals surface area (Å²) >= 11 is 0. The average molecular weight is 253 g/mol. The number of unbranched alkanes of at least 4 members (excludes halogenated alkanes) is 2. The number of hydrogen-bond donors (Lipinski definition) is 1. The Morgan fingerprint density at radius 1 is 1.28 bits per heavy atom. The standard InChI is InChI=1S/C13H23N3O2/c1-11-14-13(18-15-11)12-5-8-16(9-6-12)7-3-2-4-10-17/h12,17H,2-10H2,1H3. The molecule has 2 rings (SSSR count). The number of aliphatic hydroxyl groups excluding tert-OH is 1. The van der Waals surface area contributed by atoms with Crippen molar-refractivity contribution in [1.82, 2.24) is 15.0 Å². The van der Waals surface area contributed by atoms with Gasteiger partial charge in [0.2, 0.25) is 5.89 Å². The molecule has 1 aliphatic rings. The maximum atomic E-state index is 8.73. The minimum atomic E-state index is 0.318. The van der Waals surface area contributed by atoms with Crippen molar-refractivity contribution in [2.75, 3.05) is 26.2 Å². The Labute approximate surface area is 108 Å². The van der Waals surface area contributed by atoms with Crippen LogP contribution in [0.3, 0.4) is 0 Å². The molecule has 0 aliphatic carbocycles. The Kier molecular flexibility index (Phi) is 5.13. The van der Waals surface area contributed by atoms with Crippen LogP contribution < -0.4 is 0 Å². The number of nitrogens with zero attached hydrogens (tertiary/aromatic N) is 3. The number of likely N-dealkylation sites (tertiary alicyclic amines) is 1. The second-order valence-corrected chi connectivity index (χ2v) is 5.08. The Balaban J connectivity index is 1.68. The molecule has 0 unspecified atom stereocenters. The zero-order valence-corrected chi connectivity index (χ0v) is 11.1. The molecule has 0 aromatic carbocycles. The molecule has 5 heteroatoms. The summed E-state index contributed by atoms with van der Waals surface area (Å²) < 4.78 is 5.24. The Morgan fingerprint density at radius 2 is 2.06 bits per heavy atom. The highest BCUT2D eigenvalue weighted by Crippen LogP contribution is 2.26. The molecule has 0 spiro atoms. The monoisotopic (exact) mass is 253 g/mol. The number of piperidine rings is 1. The van der Waals surface area contributed by atoms with E-state index in [0.717, 1.165) is 57.0 Å². The van der Waals surface area contributed by atoms with Gasteiger partial charge in [-0.3, -0.25) is 0 Å². The van der Waals surface area contributed by atoms with Gasteiger partial charge >= 0.3 is 0 Å². The van der Waals surface area contributed by atoms with E-state index in [9.17, 15) is 0 Å². The first-order valence-electron chi connectivity index (χ1n) is 6.93. The highest BCUT2D eigenvalue weighted by Gasteiger charge is 2.24. The molecular formula is C13H23N3O2. The summed E-state index contributed by atoms with van der Waals surface area (Å²) in [4.78, 5) is 6.82. The largest absolute Gasteiger partial charge is 0.396 e. The molecule has 102 valence electrons. The van der Waals surface area contributed by atoms with E-state index < -0.39 is 0 Å². The summed E-state index contributed by atoms with van der Waals surface area (Å²) in [6.45, 7) is 5.56. The van der Waals surface area contributed by atoms with Crippen molar-refractivity contribution in [3.05, 3.63) is 11.7 Å². The van der Waals surface area contributed by atoms with Crippen molar-refractivity contribution in [3.63, 3.8) is 0 Å². The number of aromatic nitrogens is 2. The number of hydrogen-bond acceptors (Lipinski definition) is 5. The van der Waals surface area contributed by atoms with Crippen molar-refractivity contribution in [3.8, 4) is 0 Å². The first-order chi connectivity index (χ1) is 8.79. The van der Waals surface area contributed by atoms with Crippen LogP contribution >= 0.6 is 0 Å². The Morgan fingerprint density at radius 3 is 2.67 bits per heavy atom. The molecule has 1 aromatic heterocycles. The lowest BCUT2D eigenvalue weighted by atomic mass is 9.96. The lowest BCUT2D eigenvalue weighted by Gasteiger charge is -2.30. The van der Waals surface area contributed by atoms with Gasteiger partial charge in [0.15, 0.2) is 5.82 Å². The van der Waals surface area contributed by atoms with Crippen LogP contribution in [0.1, 0.15) is 49.7 Å². The maximum absolute atomic E-state index is 8.73. The molecule has 1 saturated heterocycles. The van der Waals surface area contributed by atoms with E-state index in [2.05, 4.69) is 15.0 Å². The van der Waals surface area contributed by atoms with Crippen LogP contribution in [-0.4, -0.2) is 46.4 Å². The predicted molar refractivity (Wildman–Crippen MR) is 68.4 cm³/mol. The number of aryl methyl sites for hydroxylation is 1. The van der Waals surface area contributed by atoms with Crippen LogP contribution in [0.15, 0.2) is 4.52 Å². The highest BCUT2D eigenvalue weighted by molar-refractivity contribution is 4.95. The van der Waals surface area contributed by atoms with Gasteiger partial charge in [-0.25, -0.2) is 0 Å². The molecule has 1 N–H and O–H groups in total. The number of rotatable bonds is 6. The molecule has 18 heavy (non-hydrogen) atoms. The normalized spacial score (nSPS) is 18.3. The quantitative estimate of drug-likeness (QED) is 0.782. The van der Waals surface area contributed by atoms with Crippen LogP contribution in [0, 0.1) is 6.92 Å². The highest BCUT2D eigenvalue weighted by atomic mass is 16.5. The Bertz CT molecular complexity index is 346. The summed E-state index contributed by atoms with van der Waals surface area (Å²) in [6.07, 6.45) is 5.46. The van der Waals surface area contributed by atoms with Gasteiger partial charge in [-0.1, -0.05) is 5.16 Å². The second kappa shape index (κ2) is 6.85. The first-order valence-corrected chi connectivity index (χ1v) is 6.93. The van der Waals surface area contributed by atoms with E-state index >= 15 is 0 Å². The summed E-state index contributed by atoms with van der Waals surface area (Å²) in [5.41, 5.74) is 0. The summed E-state index contributed by atoms with van der Waals surface area (Å²) in [5, 5.41) is 12.6. The molecule has 2 heterocycles. The lowest BCUT2D eigenvalue weighted by molar-refractivity contribution is 0.189. The fraction of sp³-hybridized carbons (Fsp3) is 0.846. The smallest absolute Gasteiger partial charge is 0.229 e. The average Bonchev–Trinajstić information content (AvgIpc) is 2.82. The molecule has 0 radical (unpaired) electrons. The summed E-state index contributed by atoms with van der Waals surface area (Å²) in [5.74, 6) is 1.99. The van der Waals surface area contributed by atoms with Crippen molar-refractivity contribution in [1.29, 1.82) is 0 Å². The van der Waals surface area contributed by atoms with E-state index in [1.807, 2.05) is 6.92 Å². The van der Waals surface area contributed by atoms with Crippen LogP contribution in [0.2, 0.25) is 0 Å². The third kappa shape index (κ3) is 3.78. The molecule has 1 aliphatic heterocycles. The zero-order chi connectivity index (χ0) is 12.8. The van der Waals surface area contributed by atoms with Gasteiger partial charge in [-0.05, 0) is 58.7 Å². The SMILES string of the molecule is Cc1noc(C2CCN(CCCCCO)CC2)n1. The van der Waals surface area contributed by atoms with E-state index in [1.165, 1.54) is 6.42 Å². The molecule has 0 saturated carbocycles. The summed E-state index contributed by atoms with van der Waals surface area (Å²) in [6, 6.07) is 0. The zero-order valence-electron chi connectivity index (χ0n) is 11.1. The van der Waals surface area contributed by atoms with E-state index in [4.69, 9.17) is 9.63 Å². The molecule has 1 fully saturated rings. The van der Waals surface area contributed by atoms with Crippen molar-refractivity contribution < 1.29 is 9.63 Å². The minimum Gasteiger partial charge on any atom is -0.396 e. The van der Waals surface area contributed by atoms with Crippen LogP contribution in [0.5, 0.6) is 0 Å². The third-order valence-electron chi connectivity index (χ3n) is 3.61. The van der Waals surface area contributed by atoms with Gasteiger partial charge in [-0.15, -0.1) is 0 Å². The van der Waals surface area contributed by atoms with Crippen LogP contribution in [-0.2, 0) is 0 Å². The van der Waals surface area contributed by atoms with Gasteiger partial charge in [0.25, 0.3) is 0 Å². The van der Waals surface area contributed by atoms with Gasteiger partial charge in [0.1, 0.15) is 0 Å². The molecular weight excluding hydrogens is 230 g/mol. The van der Waals surface area contributed by atoms with Gasteiger partial charge in [-0.2, -0.15) is 4.98 Å².